The number of amides is 1. The van der Waals surface area contributed by atoms with Gasteiger partial charge in [-0.05, 0) is 28.2 Å². The van der Waals surface area contributed by atoms with Gasteiger partial charge in [-0.1, -0.05) is 75.4 Å². The highest BCUT2D eigenvalue weighted by molar-refractivity contribution is 7.99. The molecule has 2 aromatic carbocycles. The Balaban J connectivity index is 1.74. The van der Waals surface area contributed by atoms with Gasteiger partial charge in [-0.2, -0.15) is 0 Å². The summed E-state index contributed by atoms with van der Waals surface area (Å²) < 4.78 is 0. The fraction of sp³-hybridized carbons (Fsp3) is 0.318. The van der Waals surface area contributed by atoms with Crippen LogP contribution in [-0.2, 0) is 10.2 Å². The van der Waals surface area contributed by atoms with Crippen LogP contribution in [0.15, 0.2) is 60.7 Å². The normalized spacial score (nSPS) is 18.0. The van der Waals surface area contributed by atoms with Crippen molar-refractivity contribution in [2.24, 2.45) is 0 Å². The van der Waals surface area contributed by atoms with Crippen molar-refractivity contribution in [3.05, 3.63) is 77.4 Å². The molecule has 25 heavy (non-hydrogen) atoms. The van der Waals surface area contributed by atoms with E-state index in [4.69, 9.17) is 0 Å². The molecule has 1 aliphatic heterocycles. The van der Waals surface area contributed by atoms with E-state index >= 15 is 0 Å². The van der Waals surface area contributed by atoms with Crippen molar-refractivity contribution >= 4 is 23.7 Å². The first kappa shape index (κ1) is 17.8. The minimum absolute atomic E-state index is 0.0822. The molecular weight excluding hydrogens is 326 g/mol. The molecule has 1 fully saturated rings. The van der Waals surface area contributed by atoms with Crippen molar-refractivity contribution in [1.29, 1.82) is 0 Å². The van der Waals surface area contributed by atoms with E-state index in [9.17, 15) is 4.79 Å². The monoisotopic (exact) mass is 351 g/mol. The molecule has 1 heterocycles. The Morgan fingerprint density at radius 2 is 1.76 bits per heavy atom. The molecule has 0 N–H and O–H groups in total. The molecule has 3 rings (SSSR count). The quantitative estimate of drug-likeness (QED) is 0.702. The zero-order valence-electron chi connectivity index (χ0n) is 15.1. The Bertz CT molecular complexity index is 744. The molecule has 1 saturated heterocycles. The molecule has 1 aliphatic rings. The average molecular weight is 352 g/mol. The highest BCUT2D eigenvalue weighted by Gasteiger charge is 2.29. The second-order valence-corrected chi connectivity index (χ2v) is 8.56. The number of carbonyl (C=O) groups excluding carboxylic acids is 1. The summed E-state index contributed by atoms with van der Waals surface area (Å²) in [5, 5.41) is 0.113. The van der Waals surface area contributed by atoms with Crippen molar-refractivity contribution in [1.82, 2.24) is 4.90 Å². The standard InChI is InChI=1S/C22H25NOS/c1-22(2,3)19-12-10-18(11-13-19)21-23(15-16-25-21)20(24)14-9-17-7-5-4-6-8-17/h4-14,21H,15-16H2,1-3H3. The van der Waals surface area contributed by atoms with Crippen LogP contribution in [0.5, 0.6) is 0 Å². The van der Waals surface area contributed by atoms with E-state index in [0.29, 0.717) is 0 Å². The number of hydrogen-bond acceptors (Lipinski definition) is 2. The van der Waals surface area contributed by atoms with Gasteiger partial charge in [0.1, 0.15) is 5.37 Å². The van der Waals surface area contributed by atoms with Gasteiger partial charge in [0.15, 0.2) is 0 Å². The molecule has 2 nitrogen and oxygen atoms in total. The summed E-state index contributed by atoms with van der Waals surface area (Å²) >= 11 is 1.84. The van der Waals surface area contributed by atoms with Crippen LogP contribution in [0.25, 0.3) is 6.08 Å². The molecule has 0 saturated carbocycles. The molecule has 0 aliphatic carbocycles. The summed E-state index contributed by atoms with van der Waals surface area (Å²) in [5.41, 5.74) is 3.72. The van der Waals surface area contributed by atoms with Gasteiger partial charge in [-0.25, -0.2) is 0 Å². The Hall–Kier alpha value is -2.00. The fourth-order valence-corrected chi connectivity index (χ4v) is 4.21. The topological polar surface area (TPSA) is 20.3 Å². The Labute approximate surface area is 154 Å². The molecule has 1 amide bonds. The van der Waals surface area contributed by atoms with Gasteiger partial charge in [0.25, 0.3) is 0 Å². The van der Waals surface area contributed by atoms with Crippen molar-refractivity contribution in [3.8, 4) is 0 Å². The molecule has 0 radical (unpaired) electrons. The SMILES string of the molecule is CC(C)(C)c1ccc(C2SCCN2C(=O)C=Cc2ccccc2)cc1. The van der Waals surface area contributed by atoms with E-state index in [2.05, 4.69) is 45.0 Å². The number of carbonyl (C=O) groups is 1. The number of thioether (sulfide) groups is 1. The molecule has 0 bridgehead atoms. The molecule has 1 atom stereocenters. The summed E-state index contributed by atoms with van der Waals surface area (Å²) in [5.74, 6) is 1.06. The summed E-state index contributed by atoms with van der Waals surface area (Å²) in [7, 11) is 0. The minimum Gasteiger partial charge on any atom is -0.322 e. The lowest BCUT2D eigenvalue weighted by molar-refractivity contribution is -0.126. The van der Waals surface area contributed by atoms with Crippen LogP contribution >= 0.6 is 11.8 Å². The van der Waals surface area contributed by atoms with Crippen LogP contribution < -0.4 is 0 Å². The van der Waals surface area contributed by atoms with E-state index in [1.165, 1.54) is 11.1 Å². The lowest BCUT2D eigenvalue weighted by Crippen LogP contribution is -2.28. The predicted octanol–water partition coefficient (Wildman–Crippen LogP) is 5.27. The first-order chi connectivity index (χ1) is 11.9. The lowest BCUT2D eigenvalue weighted by atomic mass is 9.87. The maximum absolute atomic E-state index is 12.7. The molecular formula is C22H25NOS. The van der Waals surface area contributed by atoms with E-state index in [0.717, 1.165) is 17.9 Å². The van der Waals surface area contributed by atoms with Gasteiger partial charge in [-0.15, -0.1) is 11.8 Å². The number of benzene rings is 2. The van der Waals surface area contributed by atoms with Gasteiger partial charge in [0.2, 0.25) is 5.91 Å². The van der Waals surface area contributed by atoms with Gasteiger partial charge < -0.3 is 4.90 Å². The third-order valence-corrected chi connectivity index (χ3v) is 5.71. The van der Waals surface area contributed by atoms with Crippen LogP contribution in [0.4, 0.5) is 0 Å². The van der Waals surface area contributed by atoms with Crippen LogP contribution in [0.1, 0.15) is 42.8 Å². The second-order valence-electron chi connectivity index (χ2n) is 7.37. The van der Waals surface area contributed by atoms with Gasteiger partial charge in [-0.3, -0.25) is 4.79 Å². The number of rotatable bonds is 3. The van der Waals surface area contributed by atoms with Crippen molar-refractivity contribution < 1.29 is 4.79 Å². The number of nitrogens with zero attached hydrogens (tertiary/aromatic N) is 1. The van der Waals surface area contributed by atoms with Gasteiger partial charge in [0, 0.05) is 18.4 Å². The molecule has 0 aromatic heterocycles. The van der Waals surface area contributed by atoms with E-state index in [-0.39, 0.29) is 16.7 Å². The maximum atomic E-state index is 12.7. The summed E-state index contributed by atoms with van der Waals surface area (Å²) in [6, 6.07) is 18.7. The lowest BCUT2D eigenvalue weighted by Gasteiger charge is -2.24. The third kappa shape index (κ3) is 4.35. The first-order valence-electron chi connectivity index (χ1n) is 8.71. The highest BCUT2D eigenvalue weighted by Crippen LogP contribution is 2.38. The largest absolute Gasteiger partial charge is 0.322 e. The number of hydrogen-bond donors (Lipinski definition) is 0. The predicted molar refractivity (Wildman–Crippen MR) is 108 cm³/mol. The Morgan fingerprint density at radius 3 is 2.40 bits per heavy atom. The average Bonchev–Trinajstić information content (AvgIpc) is 3.10. The summed E-state index contributed by atoms with van der Waals surface area (Å²) in [4.78, 5) is 14.6. The van der Waals surface area contributed by atoms with E-state index < -0.39 is 0 Å². The van der Waals surface area contributed by atoms with Crippen LogP contribution in [-0.4, -0.2) is 23.1 Å². The zero-order chi connectivity index (χ0) is 17.9. The van der Waals surface area contributed by atoms with Crippen molar-refractivity contribution in [2.75, 3.05) is 12.3 Å². The molecule has 2 aromatic rings. The Kier molecular flexibility index (Phi) is 5.33. The van der Waals surface area contributed by atoms with E-state index in [1.807, 2.05) is 53.1 Å². The Morgan fingerprint density at radius 1 is 1.08 bits per heavy atom. The molecule has 130 valence electrons. The smallest absolute Gasteiger partial charge is 0.247 e. The fourth-order valence-electron chi connectivity index (χ4n) is 2.95. The van der Waals surface area contributed by atoms with Crippen LogP contribution in [0, 0.1) is 0 Å². The van der Waals surface area contributed by atoms with Gasteiger partial charge in [0.05, 0.1) is 0 Å². The van der Waals surface area contributed by atoms with E-state index in [1.54, 1.807) is 6.08 Å². The van der Waals surface area contributed by atoms with Crippen LogP contribution in [0.3, 0.4) is 0 Å². The molecule has 0 spiro atoms. The van der Waals surface area contributed by atoms with Crippen molar-refractivity contribution in [2.45, 2.75) is 31.6 Å². The highest BCUT2D eigenvalue weighted by atomic mass is 32.2. The van der Waals surface area contributed by atoms with Crippen LogP contribution in [0.2, 0.25) is 0 Å². The minimum atomic E-state index is 0.0822. The first-order valence-corrected chi connectivity index (χ1v) is 9.76. The second kappa shape index (κ2) is 7.49. The molecule has 3 heteroatoms. The zero-order valence-corrected chi connectivity index (χ0v) is 15.9. The summed E-state index contributed by atoms with van der Waals surface area (Å²) in [6.45, 7) is 7.46. The van der Waals surface area contributed by atoms with Gasteiger partial charge >= 0.3 is 0 Å². The van der Waals surface area contributed by atoms with Crippen molar-refractivity contribution in [3.63, 3.8) is 0 Å². The maximum Gasteiger partial charge on any atom is 0.247 e. The third-order valence-electron chi connectivity index (χ3n) is 4.45. The molecule has 1 unspecified atom stereocenters. The summed E-state index contributed by atoms with van der Waals surface area (Å²) in [6.07, 6.45) is 3.59.